The molecule has 4 heterocycles. The summed E-state index contributed by atoms with van der Waals surface area (Å²) in [6.07, 6.45) is -1.77. The minimum Gasteiger partial charge on any atom is -0.462 e. The SMILES string of the molecule is CC1C(=O)OC2CC3(C)OC3C(OC(=O)Nc3ccc(-c4ccccc4)s3)C(N(C)C)C3CC(OC3=O)C21. The second kappa shape index (κ2) is 9.36. The number of benzene rings is 1. The van der Waals surface area contributed by atoms with E-state index in [1.54, 1.807) is 0 Å². The fourth-order valence-electron chi connectivity index (χ4n) is 6.54. The molecule has 3 saturated heterocycles. The van der Waals surface area contributed by atoms with Gasteiger partial charge < -0.3 is 23.8 Å². The third-order valence-electron chi connectivity index (χ3n) is 8.46. The van der Waals surface area contributed by atoms with E-state index in [-0.39, 0.29) is 23.8 Å². The van der Waals surface area contributed by atoms with Gasteiger partial charge in [0.1, 0.15) is 24.4 Å². The average Bonchev–Trinajstić information content (AvgIpc) is 3.15. The molecular weight excluding hydrogens is 508 g/mol. The highest BCUT2D eigenvalue weighted by Crippen LogP contribution is 2.52. The first-order valence-corrected chi connectivity index (χ1v) is 13.8. The number of hydrogen-bond donors (Lipinski definition) is 1. The summed E-state index contributed by atoms with van der Waals surface area (Å²) in [6, 6.07) is 13.3. The first kappa shape index (κ1) is 25.3. The Bertz CT molecular complexity index is 1250. The van der Waals surface area contributed by atoms with E-state index in [9.17, 15) is 14.4 Å². The number of carbonyl (C=O) groups is 3. The van der Waals surface area contributed by atoms with Crippen LogP contribution in [0.2, 0.25) is 0 Å². The van der Waals surface area contributed by atoms with Crippen LogP contribution in [0.15, 0.2) is 42.5 Å². The molecular formula is C28H32N2O7S. The Balaban J connectivity index is 1.25. The Morgan fingerprint density at radius 1 is 1.08 bits per heavy atom. The predicted octanol–water partition coefficient (Wildman–Crippen LogP) is 3.93. The molecule has 1 N–H and O–H groups in total. The molecule has 9 nitrogen and oxygen atoms in total. The van der Waals surface area contributed by atoms with Crippen LogP contribution < -0.4 is 5.32 Å². The summed E-state index contributed by atoms with van der Waals surface area (Å²) in [6.45, 7) is 3.78. The molecule has 4 aliphatic rings. The van der Waals surface area contributed by atoms with Crippen LogP contribution in [-0.4, -0.2) is 73.1 Å². The molecule has 1 saturated carbocycles. The molecule has 6 rings (SSSR count). The molecule has 0 radical (unpaired) electrons. The highest BCUT2D eigenvalue weighted by Gasteiger charge is 2.66. The fraction of sp³-hybridized carbons (Fsp3) is 0.536. The summed E-state index contributed by atoms with van der Waals surface area (Å²) in [7, 11) is 3.73. The van der Waals surface area contributed by atoms with Crippen molar-refractivity contribution in [2.24, 2.45) is 17.8 Å². The third kappa shape index (κ3) is 4.38. The number of amides is 1. The van der Waals surface area contributed by atoms with Gasteiger partial charge in [-0.3, -0.25) is 14.9 Å². The summed E-state index contributed by atoms with van der Waals surface area (Å²) in [5.74, 6) is -1.74. The van der Waals surface area contributed by atoms with E-state index in [1.807, 2.05) is 75.3 Å². The smallest absolute Gasteiger partial charge is 0.412 e. The number of nitrogens with zero attached hydrogens (tertiary/aromatic N) is 1. The predicted molar refractivity (Wildman–Crippen MR) is 140 cm³/mol. The molecule has 9 atom stereocenters. The lowest BCUT2D eigenvalue weighted by atomic mass is 9.76. The van der Waals surface area contributed by atoms with Crippen LogP contribution in [0.3, 0.4) is 0 Å². The molecule has 2 aromatic rings. The van der Waals surface area contributed by atoms with E-state index in [2.05, 4.69) is 5.32 Å². The summed E-state index contributed by atoms with van der Waals surface area (Å²) in [5, 5.41) is 3.51. The molecule has 0 spiro atoms. The monoisotopic (exact) mass is 540 g/mol. The number of ether oxygens (including phenoxy) is 4. The molecule has 4 fully saturated rings. The molecule has 1 aliphatic carbocycles. The topological polar surface area (TPSA) is 107 Å². The van der Waals surface area contributed by atoms with Crippen LogP contribution in [0, 0.1) is 17.8 Å². The maximum absolute atomic E-state index is 13.2. The van der Waals surface area contributed by atoms with Crippen molar-refractivity contribution in [3.05, 3.63) is 42.5 Å². The van der Waals surface area contributed by atoms with Crippen LogP contribution in [0.25, 0.3) is 10.4 Å². The lowest BCUT2D eigenvalue weighted by Crippen LogP contribution is -2.52. The fourth-order valence-corrected chi connectivity index (χ4v) is 7.44. The van der Waals surface area contributed by atoms with Crippen molar-refractivity contribution in [2.45, 2.75) is 62.7 Å². The van der Waals surface area contributed by atoms with Crippen LogP contribution in [0.1, 0.15) is 26.7 Å². The normalized spacial score (nSPS) is 37.6. The molecule has 1 aromatic heterocycles. The van der Waals surface area contributed by atoms with Crippen molar-refractivity contribution >= 4 is 34.4 Å². The van der Waals surface area contributed by atoms with Gasteiger partial charge in [-0.1, -0.05) is 37.3 Å². The first-order chi connectivity index (χ1) is 18.1. The van der Waals surface area contributed by atoms with Crippen LogP contribution in [-0.2, 0) is 28.5 Å². The Labute approximate surface area is 225 Å². The Kier molecular flexibility index (Phi) is 6.24. The minimum absolute atomic E-state index is 0.223. The zero-order valence-electron chi connectivity index (χ0n) is 21.8. The third-order valence-corrected chi connectivity index (χ3v) is 9.51. The summed E-state index contributed by atoms with van der Waals surface area (Å²) in [4.78, 5) is 41.8. The highest BCUT2D eigenvalue weighted by molar-refractivity contribution is 7.19. The van der Waals surface area contributed by atoms with E-state index in [4.69, 9.17) is 18.9 Å². The number of nitrogens with one attached hydrogen (secondary N) is 1. The van der Waals surface area contributed by atoms with Crippen molar-refractivity contribution < 1.29 is 33.3 Å². The molecule has 1 amide bonds. The van der Waals surface area contributed by atoms with Crippen molar-refractivity contribution in [1.29, 1.82) is 0 Å². The van der Waals surface area contributed by atoms with E-state index in [0.717, 1.165) is 10.4 Å². The average molecular weight is 541 g/mol. The Hall–Kier alpha value is -2.95. The molecule has 2 bridgehead atoms. The van der Waals surface area contributed by atoms with Crippen LogP contribution >= 0.6 is 11.3 Å². The van der Waals surface area contributed by atoms with Gasteiger partial charge in [-0.2, -0.15) is 0 Å². The van der Waals surface area contributed by atoms with Gasteiger partial charge in [0.05, 0.1) is 28.5 Å². The van der Waals surface area contributed by atoms with Gasteiger partial charge in [0.2, 0.25) is 0 Å². The van der Waals surface area contributed by atoms with E-state index in [0.29, 0.717) is 17.8 Å². The van der Waals surface area contributed by atoms with Crippen molar-refractivity contribution in [2.75, 3.05) is 19.4 Å². The Morgan fingerprint density at radius 2 is 1.82 bits per heavy atom. The molecule has 9 unspecified atom stereocenters. The minimum atomic E-state index is -0.731. The van der Waals surface area contributed by atoms with E-state index in [1.165, 1.54) is 11.3 Å². The summed E-state index contributed by atoms with van der Waals surface area (Å²) in [5.41, 5.74) is 0.408. The van der Waals surface area contributed by atoms with Gasteiger partial charge in [-0.25, -0.2) is 4.79 Å². The zero-order chi connectivity index (χ0) is 26.8. The van der Waals surface area contributed by atoms with Gasteiger partial charge >= 0.3 is 18.0 Å². The molecule has 1 aromatic carbocycles. The maximum Gasteiger partial charge on any atom is 0.412 e. The number of fused-ring (bicyclic) bond motifs is 5. The van der Waals surface area contributed by atoms with Crippen molar-refractivity contribution in [1.82, 2.24) is 4.90 Å². The quantitative estimate of drug-likeness (QED) is 0.353. The van der Waals surface area contributed by atoms with Crippen molar-refractivity contribution in [3.63, 3.8) is 0 Å². The van der Waals surface area contributed by atoms with Crippen LogP contribution in [0.5, 0.6) is 0 Å². The molecule has 202 valence electrons. The number of thiophene rings is 1. The van der Waals surface area contributed by atoms with Gasteiger partial charge in [0.15, 0.2) is 0 Å². The first-order valence-electron chi connectivity index (χ1n) is 13.0. The Morgan fingerprint density at radius 3 is 2.55 bits per heavy atom. The zero-order valence-corrected chi connectivity index (χ0v) is 22.6. The molecule has 10 heteroatoms. The summed E-state index contributed by atoms with van der Waals surface area (Å²) < 4.78 is 23.8. The number of anilines is 1. The number of epoxide rings is 1. The second-order valence-corrected chi connectivity index (χ2v) is 12.3. The van der Waals surface area contributed by atoms with Gasteiger partial charge in [-0.15, -0.1) is 11.3 Å². The number of carbonyl (C=O) groups excluding carboxylic acids is 3. The second-order valence-electron chi connectivity index (χ2n) is 11.2. The van der Waals surface area contributed by atoms with E-state index < -0.39 is 48.1 Å². The number of rotatable bonds is 4. The lowest BCUT2D eigenvalue weighted by molar-refractivity contribution is -0.149. The lowest BCUT2D eigenvalue weighted by Gasteiger charge is -2.35. The summed E-state index contributed by atoms with van der Waals surface area (Å²) >= 11 is 1.45. The van der Waals surface area contributed by atoms with E-state index >= 15 is 0 Å². The van der Waals surface area contributed by atoms with Crippen molar-refractivity contribution in [3.8, 4) is 10.4 Å². The van der Waals surface area contributed by atoms with Gasteiger partial charge in [0, 0.05) is 17.2 Å². The van der Waals surface area contributed by atoms with Gasteiger partial charge in [-0.05, 0) is 45.1 Å². The molecule has 3 aliphatic heterocycles. The van der Waals surface area contributed by atoms with Gasteiger partial charge in [0.25, 0.3) is 0 Å². The number of hydrogen-bond acceptors (Lipinski definition) is 9. The standard InChI is InChI=1S/C28H32N2O7S/c1-14-21-17-12-16(26(32)34-17)22(30(3)4)23(24-28(2,37-24)13-18(21)35-25(14)31)36-27(33)29-20-11-10-19(38-20)15-8-6-5-7-9-15/h5-11,14,16-18,21-24H,12-13H2,1-4H3,(H,29,33). The van der Waals surface area contributed by atoms with Crippen LogP contribution in [0.4, 0.5) is 9.80 Å². The molecule has 38 heavy (non-hydrogen) atoms. The largest absolute Gasteiger partial charge is 0.462 e. The number of esters is 2. The number of likely N-dealkylation sites (N-methyl/N-ethyl adjacent to an activating group) is 1. The maximum atomic E-state index is 13.2. The highest BCUT2D eigenvalue weighted by atomic mass is 32.1.